The van der Waals surface area contributed by atoms with Crippen LogP contribution < -0.4 is 15.4 Å². The Hall–Kier alpha value is -2.86. The Morgan fingerprint density at radius 1 is 0.967 bits per heavy atom. The van der Waals surface area contributed by atoms with Crippen LogP contribution in [0, 0.1) is 5.92 Å². The van der Waals surface area contributed by atoms with Crippen molar-refractivity contribution in [1.82, 2.24) is 15.5 Å². The molecule has 0 saturated heterocycles. The highest BCUT2D eigenvalue weighted by Crippen LogP contribution is 2.13. The molecule has 0 bridgehead atoms. The molecule has 2 N–H and O–H groups in total. The standard InChI is InChI=1S/C24H33N3O3/c1-6-30-21-13-11-20(12-14-21)23(28)26-22(17(2)3)24(29)25-15-18-7-9-19(10-8-18)16-27(4)5/h7-14,17,22H,6,15-16H2,1-5H3,(H,25,29)(H,26,28)/t22-/m0/s1. The second-order valence-corrected chi connectivity index (χ2v) is 7.92. The van der Waals surface area contributed by atoms with Gasteiger partial charge in [-0.15, -0.1) is 0 Å². The molecule has 162 valence electrons. The minimum absolute atomic E-state index is 0.0425. The van der Waals surface area contributed by atoms with Crippen molar-refractivity contribution in [2.24, 2.45) is 5.92 Å². The molecule has 0 aliphatic rings. The van der Waals surface area contributed by atoms with Gasteiger partial charge in [-0.25, -0.2) is 0 Å². The number of ether oxygens (including phenoxy) is 1. The number of rotatable bonds is 10. The van der Waals surface area contributed by atoms with Gasteiger partial charge in [0.25, 0.3) is 5.91 Å². The maximum absolute atomic E-state index is 12.7. The van der Waals surface area contributed by atoms with Crippen molar-refractivity contribution in [3.8, 4) is 5.75 Å². The Balaban J connectivity index is 1.94. The maximum Gasteiger partial charge on any atom is 0.251 e. The van der Waals surface area contributed by atoms with Gasteiger partial charge in [-0.3, -0.25) is 9.59 Å². The monoisotopic (exact) mass is 411 g/mol. The van der Waals surface area contributed by atoms with Crippen LogP contribution in [0.4, 0.5) is 0 Å². The molecule has 2 rings (SSSR count). The molecule has 2 aromatic rings. The first-order valence-electron chi connectivity index (χ1n) is 10.3. The minimum Gasteiger partial charge on any atom is -0.494 e. The van der Waals surface area contributed by atoms with E-state index in [0.29, 0.717) is 24.5 Å². The lowest BCUT2D eigenvalue weighted by Gasteiger charge is -2.22. The summed E-state index contributed by atoms with van der Waals surface area (Å²) in [4.78, 5) is 27.4. The fraction of sp³-hybridized carbons (Fsp3) is 0.417. The van der Waals surface area contributed by atoms with Gasteiger partial charge in [-0.2, -0.15) is 0 Å². The second kappa shape index (κ2) is 11.4. The normalized spacial score (nSPS) is 12.0. The topological polar surface area (TPSA) is 70.7 Å². The zero-order chi connectivity index (χ0) is 22.1. The second-order valence-electron chi connectivity index (χ2n) is 7.92. The van der Waals surface area contributed by atoms with E-state index < -0.39 is 6.04 Å². The Labute approximate surface area is 179 Å². The Kier molecular flexibility index (Phi) is 8.87. The van der Waals surface area contributed by atoms with Crippen molar-refractivity contribution in [3.63, 3.8) is 0 Å². The van der Waals surface area contributed by atoms with Crippen molar-refractivity contribution in [3.05, 3.63) is 65.2 Å². The highest BCUT2D eigenvalue weighted by Gasteiger charge is 2.24. The lowest BCUT2D eigenvalue weighted by molar-refractivity contribution is -0.124. The zero-order valence-electron chi connectivity index (χ0n) is 18.6. The van der Waals surface area contributed by atoms with E-state index in [1.54, 1.807) is 24.3 Å². The molecular weight excluding hydrogens is 378 g/mol. The molecule has 0 fully saturated rings. The molecule has 2 amide bonds. The predicted octanol–water partition coefficient (Wildman–Crippen LogP) is 3.22. The summed E-state index contributed by atoms with van der Waals surface area (Å²) in [5.74, 6) is 0.199. The third-order valence-corrected chi connectivity index (χ3v) is 4.65. The van der Waals surface area contributed by atoms with Gasteiger partial charge < -0.3 is 20.3 Å². The number of benzene rings is 2. The fourth-order valence-corrected chi connectivity index (χ4v) is 3.06. The Morgan fingerprint density at radius 2 is 1.57 bits per heavy atom. The van der Waals surface area contributed by atoms with Crippen molar-refractivity contribution in [2.75, 3.05) is 20.7 Å². The van der Waals surface area contributed by atoms with E-state index in [0.717, 1.165) is 12.1 Å². The average Bonchev–Trinajstić information content (AvgIpc) is 2.71. The summed E-state index contributed by atoms with van der Waals surface area (Å²) in [5.41, 5.74) is 2.73. The van der Waals surface area contributed by atoms with Gasteiger partial charge in [-0.05, 0) is 62.3 Å². The number of amides is 2. The van der Waals surface area contributed by atoms with E-state index >= 15 is 0 Å². The van der Waals surface area contributed by atoms with Crippen molar-refractivity contribution in [2.45, 2.75) is 39.9 Å². The highest BCUT2D eigenvalue weighted by atomic mass is 16.5. The van der Waals surface area contributed by atoms with Crippen molar-refractivity contribution in [1.29, 1.82) is 0 Å². The molecule has 0 spiro atoms. The quantitative estimate of drug-likeness (QED) is 0.630. The number of carbonyl (C=O) groups excluding carboxylic acids is 2. The SMILES string of the molecule is CCOc1ccc(C(=O)N[C@H](C(=O)NCc2ccc(CN(C)C)cc2)C(C)C)cc1. The number of nitrogens with zero attached hydrogens (tertiary/aromatic N) is 1. The number of hydrogen-bond acceptors (Lipinski definition) is 4. The third kappa shape index (κ3) is 7.19. The molecule has 0 unspecified atom stereocenters. The van der Waals surface area contributed by atoms with Gasteiger partial charge in [0.1, 0.15) is 11.8 Å². The largest absolute Gasteiger partial charge is 0.494 e. The van der Waals surface area contributed by atoms with E-state index in [1.165, 1.54) is 5.56 Å². The Bertz CT molecular complexity index is 815. The highest BCUT2D eigenvalue weighted by molar-refractivity contribution is 5.97. The molecule has 30 heavy (non-hydrogen) atoms. The van der Waals surface area contributed by atoms with Gasteiger partial charge in [0.15, 0.2) is 0 Å². The molecule has 2 aromatic carbocycles. The number of carbonyl (C=O) groups is 2. The van der Waals surface area contributed by atoms with Crippen LogP contribution in [0.3, 0.4) is 0 Å². The van der Waals surface area contributed by atoms with Crippen LogP contribution >= 0.6 is 0 Å². The van der Waals surface area contributed by atoms with E-state index in [9.17, 15) is 9.59 Å². The van der Waals surface area contributed by atoms with Crippen molar-refractivity contribution < 1.29 is 14.3 Å². The summed E-state index contributed by atoms with van der Waals surface area (Å²) in [6.45, 7) is 7.60. The molecule has 0 radical (unpaired) electrons. The van der Waals surface area contributed by atoms with Crippen LogP contribution in [0.15, 0.2) is 48.5 Å². The zero-order valence-corrected chi connectivity index (χ0v) is 18.6. The first kappa shape index (κ1) is 23.4. The summed E-state index contributed by atoms with van der Waals surface area (Å²) in [6, 6.07) is 14.5. The molecule has 6 heteroatoms. The van der Waals surface area contributed by atoms with Crippen LogP contribution in [0.5, 0.6) is 5.75 Å². The van der Waals surface area contributed by atoms with E-state index in [1.807, 2.05) is 47.0 Å². The van der Waals surface area contributed by atoms with Gasteiger partial charge in [-0.1, -0.05) is 38.1 Å². The van der Waals surface area contributed by atoms with Gasteiger partial charge in [0, 0.05) is 18.7 Å². The van der Waals surface area contributed by atoms with Crippen LogP contribution in [-0.4, -0.2) is 43.5 Å². The molecule has 1 atom stereocenters. The smallest absolute Gasteiger partial charge is 0.251 e. The fourth-order valence-electron chi connectivity index (χ4n) is 3.06. The Morgan fingerprint density at radius 3 is 2.10 bits per heavy atom. The first-order valence-corrected chi connectivity index (χ1v) is 10.3. The van der Waals surface area contributed by atoms with E-state index in [-0.39, 0.29) is 17.7 Å². The summed E-state index contributed by atoms with van der Waals surface area (Å²) in [6.07, 6.45) is 0. The molecule has 6 nitrogen and oxygen atoms in total. The van der Waals surface area contributed by atoms with Crippen LogP contribution in [0.2, 0.25) is 0 Å². The molecule has 0 aliphatic heterocycles. The lowest BCUT2D eigenvalue weighted by atomic mass is 10.0. The van der Waals surface area contributed by atoms with E-state index in [4.69, 9.17) is 4.74 Å². The maximum atomic E-state index is 12.7. The summed E-state index contributed by atoms with van der Waals surface area (Å²) < 4.78 is 5.40. The number of hydrogen-bond donors (Lipinski definition) is 2. The summed E-state index contributed by atoms with van der Waals surface area (Å²) >= 11 is 0. The van der Waals surface area contributed by atoms with Gasteiger partial charge in [0.2, 0.25) is 5.91 Å². The van der Waals surface area contributed by atoms with Crippen LogP contribution in [-0.2, 0) is 17.9 Å². The van der Waals surface area contributed by atoms with Gasteiger partial charge >= 0.3 is 0 Å². The molecular formula is C24H33N3O3. The molecule has 0 saturated carbocycles. The minimum atomic E-state index is -0.614. The van der Waals surface area contributed by atoms with E-state index in [2.05, 4.69) is 27.7 Å². The molecule has 0 aliphatic carbocycles. The average molecular weight is 412 g/mol. The van der Waals surface area contributed by atoms with Crippen LogP contribution in [0.1, 0.15) is 42.3 Å². The lowest BCUT2D eigenvalue weighted by Crippen LogP contribution is -2.49. The predicted molar refractivity (Wildman–Crippen MR) is 119 cm³/mol. The number of nitrogens with one attached hydrogen (secondary N) is 2. The van der Waals surface area contributed by atoms with Crippen molar-refractivity contribution >= 4 is 11.8 Å². The first-order chi connectivity index (χ1) is 14.3. The van der Waals surface area contributed by atoms with Gasteiger partial charge in [0.05, 0.1) is 6.61 Å². The molecule has 0 heterocycles. The summed E-state index contributed by atoms with van der Waals surface area (Å²) in [5, 5.41) is 5.79. The third-order valence-electron chi connectivity index (χ3n) is 4.65. The molecule has 0 aromatic heterocycles. The van der Waals surface area contributed by atoms with Crippen LogP contribution in [0.25, 0.3) is 0 Å². The summed E-state index contributed by atoms with van der Waals surface area (Å²) in [7, 11) is 4.06.